The summed E-state index contributed by atoms with van der Waals surface area (Å²) in [6, 6.07) is 0. The lowest BCUT2D eigenvalue weighted by Gasteiger charge is -2.18. The molecule has 348 valence electrons. The summed E-state index contributed by atoms with van der Waals surface area (Å²) < 4.78 is 17.3. The monoisotopic (exact) mass is 839 g/mol. The van der Waals surface area contributed by atoms with E-state index in [2.05, 4.69) is 81.5 Å². The van der Waals surface area contributed by atoms with Gasteiger partial charge in [0.1, 0.15) is 6.61 Å². The Morgan fingerprint density at radius 2 is 0.750 bits per heavy atom. The highest BCUT2D eigenvalue weighted by Crippen LogP contribution is 2.15. The molecule has 1 atom stereocenters. The van der Waals surface area contributed by atoms with Crippen LogP contribution in [0.2, 0.25) is 0 Å². The van der Waals surface area contributed by atoms with Crippen molar-refractivity contribution in [2.75, 3.05) is 19.8 Å². The van der Waals surface area contributed by atoms with Gasteiger partial charge < -0.3 is 14.2 Å². The van der Waals surface area contributed by atoms with Gasteiger partial charge in [-0.05, 0) is 64.2 Å². The average Bonchev–Trinajstić information content (AvgIpc) is 3.25. The molecule has 60 heavy (non-hydrogen) atoms. The summed E-state index contributed by atoms with van der Waals surface area (Å²) >= 11 is 0. The average molecular weight is 839 g/mol. The molecule has 0 aromatic heterocycles. The Kier molecular flexibility index (Phi) is 48.9. The molecule has 0 heterocycles. The van der Waals surface area contributed by atoms with Crippen molar-refractivity contribution in [2.24, 2.45) is 0 Å². The zero-order valence-corrected chi connectivity index (χ0v) is 40.0. The van der Waals surface area contributed by atoms with Gasteiger partial charge in [-0.3, -0.25) is 9.59 Å². The number of carbonyl (C=O) groups is 2. The van der Waals surface area contributed by atoms with E-state index in [-0.39, 0.29) is 25.2 Å². The van der Waals surface area contributed by atoms with Crippen molar-refractivity contribution in [1.29, 1.82) is 0 Å². The molecular weight excluding hydrogens is 741 g/mol. The van der Waals surface area contributed by atoms with Crippen LogP contribution in [0, 0.1) is 0 Å². The van der Waals surface area contributed by atoms with Gasteiger partial charge in [0.15, 0.2) is 6.10 Å². The lowest BCUT2D eigenvalue weighted by molar-refractivity contribution is -0.163. The highest BCUT2D eigenvalue weighted by Gasteiger charge is 2.17. The van der Waals surface area contributed by atoms with Gasteiger partial charge in [-0.25, -0.2) is 0 Å². The minimum absolute atomic E-state index is 0.0705. The minimum Gasteiger partial charge on any atom is -0.462 e. The maximum atomic E-state index is 12.8. The maximum absolute atomic E-state index is 12.8. The topological polar surface area (TPSA) is 61.8 Å². The first kappa shape index (κ1) is 57.6. The van der Waals surface area contributed by atoms with E-state index in [1.165, 1.54) is 135 Å². The van der Waals surface area contributed by atoms with Crippen LogP contribution >= 0.6 is 0 Å². The van der Waals surface area contributed by atoms with E-state index in [4.69, 9.17) is 14.2 Å². The number of carbonyl (C=O) groups excluding carboxylic acids is 2. The first-order valence-electron chi connectivity index (χ1n) is 25.8. The molecule has 0 spiro atoms. The summed E-state index contributed by atoms with van der Waals surface area (Å²) in [6.07, 6.45) is 63.7. The van der Waals surface area contributed by atoms with E-state index in [1.54, 1.807) is 0 Å². The molecule has 0 aliphatic carbocycles. The number of hydrogen-bond donors (Lipinski definition) is 0. The Balaban J connectivity index is 4.20. The van der Waals surface area contributed by atoms with Gasteiger partial charge in [-0.2, -0.15) is 0 Å². The normalized spacial score (nSPS) is 12.7. The number of hydrogen-bond acceptors (Lipinski definition) is 5. The van der Waals surface area contributed by atoms with Gasteiger partial charge >= 0.3 is 11.9 Å². The summed E-state index contributed by atoms with van der Waals surface area (Å²) in [5, 5.41) is 0. The number of ether oxygens (including phenoxy) is 3. The van der Waals surface area contributed by atoms with Crippen LogP contribution in [0.4, 0.5) is 0 Å². The first-order valence-corrected chi connectivity index (χ1v) is 25.8. The van der Waals surface area contributed by atoms with Crippen LogP contribution < -0.4 is 0 Å². The molecule has 0 saturated heterocycles. The third kappa shape index (κ3) is 48.3. The van der Waals surface area contributed by atoms with Crippen molar-refractivity contribution >= 4 is 11.9 Å². The Hall–Kier alpha value is -2.40. The Labute approximate surface area is 373 Å². The van der Waals surface area contributed by atoms with E-state index >= 15 is 0 Å². The lowest BCUT2D eigenvalue weighted by atomic mass is 10.0. The van der Waals surface area contributed by atoms with Gasteiger partial charge in [-0.1, -0.05) is 236 Å². The quantitative estimate of drug-likeness (QED) is 0.0347. The standard InChI is InChI=1S/C55H98O5/c1-4-7-10-13-16-19-21-23-25-27-28-30-31-33-35-37-39-42-45-48-54(56)59-52-53(51-58-50-47-44-41-18-15-12-9-6-3)60-55(57)49-46-43-40-38-36-34-32-29-26-24-22-20-17-14-11-8-5-2/h7,10,16,19,23,25,28,30,33,35,53H,4-6,8-9,11-15,17-18,20-22,24,26-27,29,31-32,34,36-52H2,1-3H3/b10-7-,19-16-,25-23-,30-28-,35-33-. The molecule has 0 radical (unpaired) electrons. The van der Waals surface area contributed by atoms with Crippen molar-refractivity contribution in [3.63, 3.8) is 0 Å². The first-order chi connectivity index (χ1) is 29.6. The molecule has 0 N–H and O–H groups in total. The van der Waals surface area contributed by atoms with Gasteiger partial charge in [-0.15, -0.1) is 0 Å². The molecule has 5 heteroatoms. The highest BCUT2D eigenvalue weighted by molar-refractivity contribution is 5.70. The second-order valence-electron chi connectivity index (χ2n) is 17.1. The molecule has 0 saturated carbocycles. The van der Waals surface area contributed by atoms with Crippen LogP contribution in [0.1, 0.15) is 252 Å². The predicted octanol–water partition coefficient (Wildman–Crippen LogP) is 17.3. The van der Waals surface area contributed by atoms with E-state index in [9.17, 15) is 9.59 Å². The summed E-state index contributed by atoms with van der Waals surface area (Å²) in [7, 11) is 0. The second-order valence-corrected chi connectivity index (χ2v) is 17.1. The fourth-order valence-electron chi connectivity index (χ4n) is 7.24. The number of allylic oxidation sites excluding steroid dienone is 10. The molecule has 0 aliphatic heterocycles. The lowest BCUT2D eigenvalue weighted by Crippen LogP contribution is -2.30. The van der Waals surface area contributed by atoms with Crippen molar-refractivity contribution in [1.82, 2.24) is 0 Å². The van der Waals surface area contributed by atoms with Crippen LogP contribution in [0.15, 0.2) is 60.8 Å². The number of esters is 2. The van der Waals surface area contributed by atoms with E-state index in [1.807, 2.05) is 0 Å². The van der Waals surface area contributed by atoms with Crippen LogP contribution in [0.3, 0.4) is 0 Å². The summed E-state index contributed by atoms with van der Waals surface area (Å²) in [5.41, 5.74) is 0. The highest BCUT2D eigenvalue weighted by atomic mass is 16.6. The van der Waals surface area contributed by atoms with Gasteiger partial charge in [0.25, 0.3) is 0 Å². The zero-order valence-electron chi connectivity index (χ0n) is 40.0. The molecule has 0 amide bonds. The van der Waals surface area contributed by atoms with Crippen LogP contribution in [0.25, 0.3) is 0 Å². The Morgan fingerprint density at radius 3 is 1.20 bits per heavy atom. The maximum Gasteiger partial charge on any atom is 0.306 e. The third-order valence-corrected chi connectivity index (χ3v) is 11.1. The van der Waals surface area contributed by atoms with Gasteiger partial charge in [0, 0.05) is 19.4 Å². The Morgan fingerprint density at radius 1 is 0.383 bits per heavy atom. The van der Waals surface area contributed by atoms with Crippen LogP contribution in [-0.2, 0) is 23.8 Å². The fraction of sp³-hybridized carbons (Fsp3) is 0.782. The molecular formula is C55H98O5. The second kappa shape index (κ2) is 51.0. The van der Waals surface area contributed by atoms with Crippen molar-refractivity contribution in [3.8, 4) is 0 Å². The Bertz CT molecular complexity index is 1040. The molecule has 0 bridgehead atoms. The van der Waals surface area contributed by atoms with Crippen molar-refractivity contribution < 1.29 is 23.8 Å². The molecule has 0 rings (SSSR count). The number of rotatable bonds is 47. The smallest absolute Gasteiger partial charge is 0.306 e. The fourth-order valence-corrected chi connectivity index (χ4v) is 7.24. The molecule has 0 fully saturated rings. The summed E-state index contributed by atoms with van der Waals surface area (Å²) in [5.74, 6) is -0.426. The zero-order chi connectivity index (χ0) is 43.5. The van der Waals surface area contributed by atoms with Gasteiger partial charge in [0.2, 0.25) is 0 Å². The van der Waals surface area contributed by atoms with E-state index < -0.39 is 6.10 Å². The van der Waals surface area contributed by atoms with Crippen molar-refractivity contribution in [2.45, 2.75) is 258 Å². The molecule has 5 nitrogen and oxygen atoms in total. The molecule has 0 aromatic carbocycles. The van der Waals surface area contributed by atoms with Crippen molar-refractivity contribution in [3.05, 3.63) is 60.8 Å². The van der Waals surface area contributed by atoms with Gasteiger partial charge in [0.05, 0.1) is 6.61 Å². The third-order valence-electron chi connectivity index (χ3n) is 11.1. The SMILES string of the molecule is CC/C=C\C/C=C\C/C=C\C/C=C\C/C=C\CCCCCC(=O)OCC(COCCCCCCCCCC)OC(=O)CCCCCCCCCCCCCCCCCCC. The van der Waals surface area contributed by atoms with Crippen LogP contribution in [-0.4, -0.2) is 37.9 Å². The molecule has 0 aromatic rings. The molecule has 1 unspecified atom stereocenters. The van der Waals surface area contributed by atoms with E-state index in [0.29, 0.717) is 19.4 Å². The molecule has 0 aliphatic rings. The largest absolute Gasteiger partial charge is 0.462 e. The number of unbranched alkanes of at least 4 members (excludes halogenated alkanes) is 26. The van der Waals surface area contributed by atoms with E-state index in [0.717, 1.165) is 83.5 Å². The minimum atomic E-state index is -0.545. The summed E-state index contributed by atoms with van der Waals surface area (Å²) in [6.45, 7) is 7.69. The summed E-state index contributed by atoms with van der Waals surface area (Å²) in [4.78, 5) is 25.3. The predicted molar refractivity (Wildman–Crippen MR) is 261 cm³/mol. The van der Waals surface area contributed by atoms with Crippen LogP contribution in [0.5, 0.6) is 0 Å².